The van der Waals surface area contributed by atoms with E-state index in [1.54, 1.807) is 40.9 Å². The Labute approximate surface area is 232 Å². The number of hydrogen-bond donors (Lipinski definition) is 3. The monoisotopic (exact) mass is 555 g/mol. The van der Waals surface area contributed by atoms with Crippen molar-refractivity contribution in [1.29, 1.82) is 0 Å². The summed E-state index contributed by atoms with van der Waals surface area (Å²) in [7, 11) is 0. The minimum Gasteiger partial charge on any atom is -0.394 e. The third-order valence-electron chi connectivity index (χ3n) is 8.24. The molecule has 5 rings (SSSR count). The van der Waals surface area contributed by atoms with Crippen LogP contribution in [0.25, 0.3) is 0 Å². The van der Waals surface area contributed by atoms with E-state index in [9.17, 15) is 19.5 Å². The molecule has 1 spiro atoms. The number of para-hydroxylation sites is 1. The number of fused-ring (bicyclic) bond motifs is 1. The van der Waals surface area contributed by atoms with Crippen LogP contribution < -0.4 is 10.6 Å². The second kappa shape index (κ2) is 10.5. The molecule has 3 N–H and O–H groups in total. The number of amides is 3. The number of carbonyl (C=O) groups is 3. The molecule has 0 aliphatic carbocycles. The summed E-state index contributed by atoms with van der Waals surface area (Å²) in [5, 5.41) is 16.9. The van der Waals surface area contributed by atoms with E-state index < -0.39 is 28.7 Å². The molecule has 7 nitrogen and oxygen atoms in total. The number of likely N-dealkylation sites (tertiary alicyclic amines) is 1. The van der Waals surface area contributed by atoms with Gasteiger partial charge in [0.1, 0.15) is 6.04 Å². The lowest BCUT2D eigenvalue weighted by Crippen LogP contribution is -2.57. The number of benzene rings is 2. The average molecular weight is 556 g/mol. The van der Waals surface area contributed by atoms with Gasteiger partial charge >= 0.3 is 0 Å². The fourth-order valence-corrected chi connectivity index (χ4v) is 9.30. The van der Waals surface area contributed by atoms with E-state index in [1.165, 1.54) is 0 Å². The second-order valence-electron chi connectivity index (χ2n) is 11.1. The Balaban J connectivity index is 1.54. The van der Waals surface area contributed by atoms with Crippen molar-refractivity contribution in [2.45, 2.75) is 55.7 Å². The van der Waals surface area contributed by atoms with Crippen molar-refractivity contribution in [2.24, 2.45) is 23.7 Å². The minimum absolute atomic E-state index is 0.0385. The van der Waals surface area contributed by atoms with Gasteiger partial charge in [0.15, 0.2) is 0 Å². The molecule has 2 bridgehead atoms. The number of hydrogen-bond acceptors (Lipinski definition) is 5. The van der Waals surface area contributed by atoms with Crippen LogP contribution in [0.2, 0.25) is 5.02 Å². The van der Waals surface area contributed by atoms with Gasteiger partial charge in [-0.05, 0) is 61.1 Å². The third-order valence-corrected chi connectivity index (χ3v) is 10.6. The summed E-state index contributed by atoms with van der Waals surface area (Å²) >= 11 is 7.66. The Morgan fingerprint density at radius 1 is 1.08 bits per heavy atom. The van der Waals surface area contributed by atoms with E-state index in [-0.39, 0.29) is 41.4 Å². The number of anilines is 2. The fourth-order valence-electron chi connectivity index (χ4n) is 6.76. The average Bonchev–Trinajstić information content (AvgIpc) is 3.48. The van der Waals surface area contributed by atoms with Gasteiger partial charge in [-0.25, -0.2) is 0 Å². The number of aliphatic hydroxyl groups is 1. The highest BCUT2D eigenvalue weighted by molar-refractivity contribution is 8.02. The predicted molar refractivity (Wildman–Crippen MR) is 151 cm³/mol. The number of thioether (sulfide) groups is 1. The molecule has 2 aromatic carbocycles. The molecule has 3 heterocycles. The van der Waals surface area contributed by atoms with Crippen LogP contribution in [0.5, 0.6) is 0 Å². The van der Waals surface area contributed by atoms with Crippen LogP contribution in [0, 0.1) is 23.7 Å². The molecule has 3 aliphatic rings. The van der Waals surface area contributed by atoms with Crippen molar-refractivity contribution < 1.29 is 19.5 Å². The van der Waals surface area contributed by atoms with Gasteiger partial charge in [0.25, 0.3) is 0 Å². The standard InChI is InChI=1S/C29H34ClN3O4S/c1-16(2)13-21(15-34)33-25(27(36)32-20-11-9-18(30)10-12-20)29-17(3)14-22(38-29)23(24(29)28(33)37)26(35)31-19-7-5-4-6-8-19/h4-12,16-17,21-25,34H,13-15H2,1-3H3,(H,31,35)(H,32,36)/t17?,21-,22+,23-,24+,25?,29?/m1/s1. The van der Waals surface area contributed by atoms with Gasteiger partial charge in [-0.15, -0.1) is 11.8 Å². The molecule has 0 aromatic heterocycles. The quantitative estimate of drug-likeness (QED) is 0.440. The summed E-state index contributed by atoms with van der Waals surface area (Å²) in [6, 6.07) is 14.8. The fraction of sp³-hybridized carbons (Fsp3) is 0.483. The lowest BCUT2D eigenvalue weighted by Gasteiger charge is -2.40. The molecular weight excluding hydrogens is 522 g/mol. The lowest BCUT2D eigenvalue weighted by atomic mass is 9.66. The van der Waals surface area contributed by atoms with Gasteiger partial charge in [-0.1, -0.05) is 50.6 Å². The molecule has 0 radical (unpaired) electrons. The van der Waals surface area contributed by atoms with Crippen LogP contribution in [-0.4, -0.2) is 56.4 Å². The molecular formula is C29H34ClN3O4S. The van der Waals surface area contributed by atoms with E-state index in [0.717, 1.165) is 6.42 Å². The predicted octanol–water partition coefficient (Wildman–Crippen LogP) is 4.66. The van der Waals surface area contributed by atoms with Gasteiger partial charge in [0, 0.05) is 21.6 Å². The summed E-state index contributed by atoms with van der Waals surface area (Å²) in [6.45, 7) is 5.90. The number of carbonyl (C=O) groups excluding carboxylic acids is 3. The Kier molecular flexibility index (Phi) is 7.50. The van der Waals surface area contributed by atoms with Crippen LogP contribution in [0.15, 0.2) is 54.6 Å². The number of rotatable bonds is 8. The molecule has 3 saturated heterocycles. The highest BCUT2D eigenvalue weighted by Crippen LogP contribution is 2.69. The molecule has 3 aliphatic heterocycles. The molecule has 202 valence electrons. The van der Waals surface area contributed by atoms with E-state index in [2.05, 4.69) is 17.6 Å². The molecule has 7 atom stereocenters. The molecule has 3 amide bonds. The maximum atomic E-state index is 14.3. The van der Waals surface area contributed by atoms with Crippen molar-refractivity contribution in [1.82, 2.24) is 4.90 Å². The SMILES string of the molecule is CC(C)C[C@H](CO)N1C(=O)[C@@H]2[C@H](C(=O)Nc3ccccc3)[C@@H]3CC(C)C2(S3)C1C(=O)Nc1ccc(Cl)cc1. The normalized spacial score (nSPS) is 30.4. The first-order valence-corrected chi connectivity index (χ1v) is 14.5. The van der Waals surface area contributed by atoms with Crippen LogP contribution in [0.3, 0.4) is 0 Å². The van der Waals surface area contributed by atoms with E-state index in [1.807, 2.05) is 44.2 Å². The second-order valence-corrected chi connectivity index (χ2v) is 13.1. The summed E-state index contributed by atoms with van der Waals surface area (Å²) < 4.78 is -0.763. The summed E-state index contributed by atoms with van der Waals surface area (Å²) in [4.78, 5) is 43.6. The molecule has 3 unspecified atom stereocenters. The highest BCUT2D eigenvalue weighted by Gasteiger charge is 2.76. The highest BCUT2D eigenvalue weighted by atomic mass is 35.5. The molecule has 9 heteroatoms. The van der Waals surface area contributed by atoms with Crippen LogP contribution >= 0.6 is 23.4 Å². The Hall–Kier alpha value is -2.55. The largest absolute Gasteiger partial charge is 0.394 e. The van der Waals surface area contributed by atoms with Gasteiger partial charge < -0.3 is 20.6 Å². The van der Waals surface area contributed by atoms with Gasteiger partial charge in [0.2, 0.25) is 17.7 Å². The molecule has 0 saturated carbocycles. The van der Waals surface area contributed by atoms with Crippen LogP contribution in [0.1, 0.15) is 33.6 Å². The number of nitrogens with one attached hydrogen (secondary N) is 2. The van der Waals surface area contributed by atoms with Gasteiger partial charge in [-0.2, -0.15) is 0 Å². The summed E-state index contributed by atoms with van der Waals surface area (Å²) in [5.74, 6) is -1.66. The maximum Gasteiger partial charge on any atom is 0.248 e. The van der Waals surface area contributed by atoms with Crippen LogP contribution in [0.4, 0.5) is 11.4 Å². The zero-order valence-corrected chi connectivity index (χ0v) is 23.3. The smallest absolute Gasteiger partial charge is 0.248 e. The topological polar surface area (TPSA) is 98.7 Å². The number of aliphatic hydroxyl groups excluding tert-OH is 1. The third kappa shape index (κ3) is 4.50. The van der Waals surface area contributed by atoms with Crippen molar-refractivity contribution in [3.63, 3.8) is 0 Å². The van der Waals surface area contributed by atoms with Gasteiger partial charge in [0.05, 0.1) is 29.2 Å². The maximum absolute atomic E-state index is 14.3. The first-order chi connectivity index (χ1) is 18.2. The minimum atomic E-state index is -0.814. The van der Waals surface area contributed by atoms with E-state index in [0.29, 0.717) is 22.8 Å². The Morgan fingerprint density at radius 2 is 1.71 bits per heavy atom. The Morgan fingerprint density at radius 3 is 2.34 bits per heavy atom. The molecule has 3 fully saturated rings. The van der Waals surface area contributed by atoms with Crippen molar-refractivity contribution in [3.8, 4) is 0 Å². The lowest BCUT2D eigenvalue weighted by molar-refractivity contribution is -0.141. The van der Waals surface area contributed by atoms with E-state index in [4.69, 9.17) is 11.6 Å². The first-order valence-electron chi connectivity index (χ1n) is 13.2. The van der Waals surface area contributed by atoms with Crippen molar-refractivity contribution >= 4 is 52.5 Å². The number of halogens is 1. The van der Waals surface area contributed by atoms with Gasteiger partial charge in [-0.3, -0.25) is 14.4 Å². The zero-order valence-electron chi connectivity index (χ0n) is 21.8. The van der Waals surface area contributed by atoms with E-state index >= 15 is 0 Å². The Bertz CT molecular complexity index is 1210. The number of nitrogens with zero attached hydrogens (tertiary/aromatic N) is 1. The first kappa shape index (κ1) is 27.0. The summed E-state index contributed by atoms with van der Waals surface area (Å²) in [5.41, 5.74) is 1.26. The zero-order chi connectivity index (χ0) is 27.2. The van der Waals surface area contributed by atoms with Crippen LogP contribution in [-0.2, 0) is 14.4 Å². The molecule has 38 heavy (non-hydrogen) atoms. The molecule has 2 aromatic rings. The summed E-state index contributed by atoms with van der Waals surface area (Å²) in [6.07, 6.45) is 1.30. The van der Waals surface area contributed by atoms with Crippen molar-refractivity contribution in [2.75, 3.05) is 17.2 Å². The van der Waals surface area contributed by atoms with Crippen molar-refractivity contribution in [3.05, 3.63) is 59.6 Å².